The summed E-state index contributed by atoms with van der Waals surface area (Å²) in [5.41, 5.74) is 5.56. The lowest BCUT2D eigenvalue weighted by Gasteiger charge is -2.31. The summed E-state index contributed by atoms with van der Waals surface area (Å²) in [5, 5.41) is 0.950. The van der Waals surface area contributed by atoms with Gasteiger partial charge in [0.05, 0.1) is 11.2 Å². The van der Waals surface area contributed by atoms with Crippen molar-refractivity contribution < 1.29 is 4.79 Å². The number of hydrogen-bond acceptors (Lipinski definition) is 4. The van der Waals surface area contributed by atoms with Crippen LogP contribution >= 0.6 is 11.3 Å². The van der Waals surface area contributed by atoms with Crippen LogP contribution in [0.5, 0.6) is 0 Å². The Kier molecular flexibility index (Phi) is 4.12. The summed E-state index contributed by atoms with van der Waals surface area (Å²) in [6.45, 7) is 4.41. The summed E-state index contributed by atoms with van der Waals surface area (Å²) in [6, 6.07) is 0. The predicted octanol–water partition coefficient (Wildman–Crippen LogP) is 1.65. The lowest BCUT2D eigenvalue weighted by Crippen LogP contribution is -2.38. The molecule has 1 aromatic rings. The number of aromatic nitrogens is 1. The third-order valence-electron chi connectivity index (χ3n) is 3.31. The molecule has 1 amide bonds. The minimum Gasteiger partial charge on any atom is -0.338 e. The average molecular weight is 253 g/mol. The molecule has 1 aliphatic rings. The normalized spacial score (nSPS) is 17.4. The van der Waals surface area contributed by atoms with Crippen molar-refractivity contribution in [3.63, 3.8) is 0 Å². The molecule has 5 heteroatoms. The molecule has 0 aromatic carbocycles. The summed E-state index contributed by atoms with van der Waals surface area (Å²) in [4.78, 5) is 19.0. The van der Waals surface area contributed by atoms with Gasteiger partial charge in [-0.15, -0.1) is 11.3 Å². The van der Waals surface area contributed by atoms with Crippen LogP contribution in [-0.4, -0.2) is 35.4 Å². The number of rotatable bonds is 3. The Morgan fingerprint density at radius 2 is 2.29 bits per heavy atom. The maximum absolute atomic E-state index is 12.1. The molecule has 0 radical (unpaired) electrons. The first-order valence-corrected chi connectivity index (χ1v) is 6.94. The molecule has 0 saturated carbocycles. The molecule has 17 heavy (non-hydrogen) atoms. The second-order valence-electron chi connectivity index (χ2n) is 4.56. The Balaban J connectivity index is 1.90. The zero-order valence-corrected chi connectivity index (χ0v) is 11.0. The van der Waals surface area contributed by atoms with Gasteiger partial charge in [0.1, 0.15) is 4.88 Å². The molecule has 0 unspecified atom stereocenters. The topological polar surface area (TPSA) is 59.2 Å². The number of likely N-dealkylation sites (tertiary alicyclic amines) is 1. The molecule has 4 nitrogen and oxygen atoms in total. The van der Waals surface area contributed by atoms with E-state index in [1.807, 2.05) is 11.8 Å². The third kappa shape index (κ3) is 3.04. The summed E-state index contributed by atoms with van der Waals surface area (Å²) in [7, 11) is 0. The number of amides is 1. The predicted molar refractivity (Wildman–Crippen MR) is 69.1 cm³/mol. The molecule has 1 aromatic heterocycles. The van der Waals surface area contributed by atoms with Crippen LogP contribution in [0.3, 0.4) is 0 Å². The molecule has 1 fully saturated rings. The number of piperidine rings is 1. The van der Waals surface area contributed by atoms with E-state index in [2.05, 4.69) is 4.98 Å². The summed E-state index contributed by atoms with van der Waals surface area (Å²) < 4.78 is 0. The first-order chi connectivity index (χ1) is 8.20. The molecule has 1 aliphatic heterocycles. The molecular formula is C12H19N3OS. The van der Waals surface area contributed by atoms with E-state index in [1.165, 1.54) is 11.3 Å². The lowest BCUT2D eigenvalue weighted by atomic mass is 9.93. The van der Waals surface area contributed by atoms with Crippen LogP contribution in [0.1, 0.15) is 33.9 Å². The van der Waals surface area contributed by atoms with Gasteiger partial charge in [-0.25, -0.2) is 4.98 Å². The van der Waals surface area contributed by atoms with E-state index in [-0.39, 0.29) is 5.91 Å². The van der Waals surface area contributed by atoms with Gasteiger partial charge in [0.2, 0.25) is 0 Å². The van der Waals surface area contributed by atoms with Crippen LogP contribution < -0.4 is 5.73 Å². The monoisotopic (exact) mass is 253 g/mol. The Morgan fingerprint density at radius 3 is 2.82 bits per heavy atom. The largest absolute Gasteiger partial charge is 0.338 e. The second-order valence-corrected chi connectivity index (χ2v) is 5.79. The van der Waals surface area contributed by atoms with Gasteiger partial charge in [0.25, 0.3) is 5.91 Å². The zero-order chi connectivity index (χ0) is 12.3. The molecule has 0 aliphatic carbocycles. The molecule has 0 bridgehead atoms. The average Bonchev–Trinajstić information content (AvgIpc) is 2.76. The highest BCUT2D eigenvalue weighted by Crippen LogP contribution is 2.22. The van der Waals surface area contributed by atoms with Crippen molar-refractivity contribution in [2.24, 2.45) is 11.7 Å². The number of hydrogen-bond donors (Lipinski definition) is 1. The van der Waals surface area contributed by atoms with E-state index in [1.54, 1.807) is 6.20 Å². The van der Waals surface area contributed by atoms with Gasteiger partial charge in [0, 0.05) is 13.1 Å². The number of carbonyl (C=O) groups excluding carboxylic acids is 1. The molecule has 2 heterocycles. The highest BCUT2D eigenvalue weighted by molar-refractivity contribution is 7.13. The summed E-state index contributed by atoms with van der Waals surface area (Å²) >= 11 is 1.48. The van der Waals surface area contributed by atoms with Gasteiger partial charge in [0.15, 0.2) is 0 Å². The zero-order valence-electron chi connectivity index (χ0n) is 10.2. The SMILES string of the molecule is Cc1ncc(C(=O)N2CCC(CCN)CC2)s1. The maximum atomic E-state index is 12.1. The first kappa shape index (κ1) is 12.5. The molecular weight excluding hydrogens is 234 g/mol. The first-order valence-electron chi connectivity index (χ1n) is 6.12. The molecule has 94 valence electrons. The van der Waals surface area contributed by atoms with Crippen molar-refractivity contribution in [3.05, 3.63) is 16.1 Å². The highest BCUT2D eigenvalue weighted by Gasteiger charge is 2.24. The van der Waals surface area contributed by atoms with Crippen LogP contribution in [0.25, 0.3) is 0 Å². The Morgan fingerprint density at radius 1 is 1.59 bits per heavy atom. The third-order valence-corrected chi connectivity index (χ3v) is 4.21. The molecule has 1 saturated heterocycles. The van der Waals surface area contributed by atoms with Crippen LogP contribution in [0.15, 0.2) is 6.20 Å². The van der Waals surface area contributed by atoms with Gasteiger partial charge in [-0.3, -0.25) is 4.79 Å². The Labute approximate surface area is 106 Å². The van der Waals surface area contributed by atoms with Crippen molar-refractivity contribution in [1.82, 2.24) is 9.88 Å². The van der Waals surface area contributed by atoms with Gasteiger partial charge >= 0.3 is 0 Å². The van der Waals surface area contributed by atoms with Gasteiger partial charge < -0.3 is 10.6 Å². The van der Waals surface area contributed by atoms with E-state index in [9.17, 15) is 4.79 Å². The van der Waals surface area contributed by atoms with Crippen molar-refractivity contribution in [2.45, 2.75) is 26.2 Å². The second kappa shape index (κ2) is 5.60. The fraction of sp³-hybridized carbons (Fsp3) is 0.667. The molecule has 2 N–H and O–H groups in total. The van der Waals surface area contributed by atoms with Crippen LogP contribution in [0, 0.1) is 12.8 Å². The standard InChI is InChI=1S/C12H19N3OS/c1-9-14-8-11(17-9)12(16)15-6-3-10(2-5-13)4-7-15/h8,10H,2-7,13H2,1H3. The molecule has 0 atom stereocenters. The highest BCUT2D eigenvalue weighted by atomic mass is 32.1. The van der Waals surface area contributed by atoms with E-state index in [4.69, 9.17) is 5.73 Å². The molecule has 0 spiro atoms. The van der Waals surface area contributed by atoms with E-state index in [0.29, 0.717) is 5.92 Å². The Bertz CT molecular complexity index is 383. The van der Waals surface area contributed by atoms with E-state index < -0.39 is 0 Å². The van der Waals surface area contributed by atoms with Gasteiger partial charge in [-0.2, -0.15) is 0 Å². The Hall–Kier alpha value is -0.940. The quantitative estimate of drug-likeness (QED) is 0.891. The summed E-state index contributed by atoms with van der Waals surface area (Å²) in [5.74, 6) is 0.842. The van der Waals surface area contributed by atoms with Crippen molar-refractivity contribution >= 4 is 17.2 Å². The van der Waals surface area contributed by atoms with Crippen molar-refractivity contribution in [1.29, 1.82) is 0 Å². The van der Waals surface area contributed by atoms with Gasteiger partial charge in [-0.1, -0.05) is 0 Å². The number of nitrogens with two attached hydrogens (primary N) is 1. The lowest BCUT2D eigenvalue weighted by molar-refractivity contribution is 0.0692. The van der Waals surface area contributed by atoms with Crippen LogP contribution in [0.4, 0.5) is 0 Å². The summed E-state index contributed by atoms with van der Waals surface area (Å²) in [6.07, 6.45) is 4.94. The van der Waals surface area contributed by atoms with Crippen molar-refractivity contribution in [2.75, 3.05) is 19.6 Å². The minimum atomic E-state index is 0.141. The van der Waals surface area contributed by atoms with Gasteiger partial charge in [-0.05, 0) is 38.6 Å². The smallest absolute Gasteiger partial charge is 0.265 e. The fourth-order valence-corrected chi connectivity index (χ4v) is 3.02. The number of aryl methyl sites for hydroxylation is 1. The minimum absolute atomic E-state index is 0.141. The van der Waals surface area contributed by atoms with Crippen LogP contribution in [0.2, 0.25) is 0 Å². The number of nitrogens with zero attached hydrogens (tertiary/aromatic N) is 2. The molecule has 2 rings (SSSR count). The number of carbonyl (C=O) groups is 1. The fourth-order valence-electron chi connectivity index (χ4n) is 2.28. The van der Waals surface area contributed by atoms with E-state index >= 15 is 0 Å². The van der Waals surface area contributed by atoms with E-state index in [0.717, 1.165) is 48.8 Å². The maximum Gasteiger partial charge on any atom is 0.265 e. The van der Waals surface area contributed by atoms with Crippen molar-refractivity contribution in [3.8, 4) is 0 Å². The van der Waals surface area contributed by atoms with Crippen LogP contribution in [-0.2, 0) is 0 Å². The number of thiazole rings is 1.